The van der Waals surface area contributed by atoms with Crippen LogP contribution in [-0.2, 0) is 6.54 Å². The normalized spacial score (nSPS) is 15.6. The standard InChI is InChI=1S/C18H23N3O2/c1-2-11-21-17(22)15-10-6-5-9-14(15)16(19-21)18(23)20-12-7-3-4-8-13-20/h5-6,9-10H,2-4,7-8,11-13H2,1H3. The molecule has 0 spiro atoms. The van der Waals surface area contributed by atoms with Crippen molar-refractivity contribution in [2.24, 2.45) is 0 Å². The molecular formula is C18H23N3O2. The van der Waals surface area contributed by atoms with Gasteiger partial charge in [0.05, 0.1) is 5.39 Å². The Morgan fingerprint density at radius 3 is 2.39 bits per heavy atom. The van der Waals surface area contributed by atoms with Gasteiger partial charge in [0.15, 0.2) is 5.69 Å². The van der Waals surface area contributed by atoms with Crippen molar-refractivity contribution < 1.29 is 4.79 Å². The molecule has 122 valence electrons. The highest BCUT2D eigenvalue weighted by Crippen LogP contribution is 2.18. The zero-order chi connectivity index (χ0) is 16.2. The molecule has 2 heterocycles. The predicted octanol–water partition coefficient (Wildman–Crippen LogP) is 2.82. The molecule has 0 aliphatic carbocycles. The van der Waals surface area contributed by atoms with Gasteiger partial charge >= 0.3 is 0 Å². The monoisotopic (exact) mass is 313 g/mol. The van der Waals surface area contributed by atoms with Crippen LogP contribution in [0.15, 0.2) is 29.1 Å². The third-order valence-electron chi connectivity index (χ3n) is 4.40. The molecule has 1 aliphatic heterocycles. The molecule has 1 aromatic carbocycles. The van der Waals surface area contributed by atoms with Gasteiger partial charge in [0.25, 0.3) is 11.5 Å². The van der Waals surface area contributed by atoms with Gasteiger partial charge in [-0.2, -0.15) is 5.10 Å². The zero-order valence-electron chi connectivity index (χ0n) is 13.6. The molecule has 0 atom stereocenters. The lowest BCUT2D eigenvalue weighted by Gasteiger charge is -2.21. The van der Waals surface area contributed by atoms with E-state index in [1.165, 1.54) is 17.5 Å². The van der Waals surface area contributed by atoms with Gasteiger partial charge in [-0.15, -0.1) is 0 Å². The van der Waals surface area contributed by atoms with Crippen molar-refractivity contribution in [1.29, 1.82) is 0 Å². The minimum absolute atomic E-state index is 0.0482. The number of nitrogens with zero attached hydrogens (tertiary/aromatic N) is 3. The molecule has 0 radical (unpaired) electrons. The van der Waals surface area contributed by atoms with E-state index in [0.29, 0.717) is 23.0 Å². The summed E-state index contributed by atoms with van der Waals surface area (Å²) in [7, 11) is 0. The Morgan fingerprint density at radius 1 is 1.09 bits per heavy atom. The molecule has 3 rings (SSSR count). The molecule has 1 aliphatic rings. The summed E-state index contributed by atoms with van der Waals surface area (Å²) in [6.07, 6.45) is 5.24. The lowest BCUT2D eigenvalue weighted by atomic mass is 10.1. The van der Waals surface area contributed by atoms with Gasteiger partial charge in [-0.25, -0.2) is 4.68 Å². The van der Waals surface area contributed by atoms with Gasteiger partial charge in [0.1, 0.15) is 0 Å². The fraction of sp³-hybridized carbons (Fsp3) is 0.500. The summed E-state index contributed by atoms with van der Waals surface area (Å²) in [5.74, 6) is -0.0482. The van der Waals surface area contributed by atoms with E-state index in [1.54, 1.807) is 6.07 Å². The SMILES string of the molecule is CCCn1nc(C(=O)N2CCCCCC2)c2ccccc2c1=O. The fourth-order valence-corrected chi connectivity index (χ4v) is 3.18. The van der Waals surface area contributed by atoms with Gasteiger partial charge in [-0.3, -0.25) is 9.59 Å². The van der Waals surface area contributed by atoms with E-state index in [9.17, 15) is 9.59 Å². The third kappa shape index (κ3) is 3.14. The number of carbonyl (C=O) groups excluding carboxylic acids is 1. The topological polar surface area (TPSA) is 55.2 Å². The molecule has 5 nitrogen and oxygen atoms in total. The summed E-state index contributed by atoms with van der Waals surface area (Å²) in [5, 5.41) is 5.65. The Balaban J connectivity index is 2.09. The van der Waals surface area contributed by atoms with Crippen molar-refractivity contribution >= 4 is 16.7 Å². The second kappa shape index (κ2) is 6.94. The smallest absolute Gasteiger partial charge is 0.274 e. The second-order valence-corrected chi connectivity index (χ2v) is 6.13. The van der Waals surface area contributed by atoms with Crippen molar-refractivity contribution in [2.75, 3.05) is 13.1 Å². The first-order valence-corrected chi connectivity index (χ1v) is 8.51. The number of rotatable bonds is 3. The molecule has 1 fully saturated rings. The highest BCUT2D eigenvalue weighted by molar-refractivity contribution is 6.04. The summed E-state index contributed by atoms with van der Waals surface area (Å²) < 4.78 is 1.44. The van der Waals surface area contributed by atoms with Gasteiger partial charge in [0.2, 0.25) is 0 Å². The van der Waals surface area contributed by atoms with E-state index in [1.807, 2.05) is 30.0 Å². The average Bonchev–Trinajstić information content (AvgIpc) is 2.86. The van der Waals surface area contributed by atoms with E-state index in [0.717, 1.165) is 32.4 Å². The van der Waals surface area contributed by atoms with E-state index >= 15 is 0 Å². The maximum atomic E-state index is 13.0. The number of hydrogen-bond donors (Lipinski definition) is 0. The van der Waals surface area contributed by atoms with E-state index in [-0.39, 0.29) is 11.5 Å². The van der Waals surface area contributed by atoms with E-state index in [2.05, 4.69) is 5.10 Å². The average molecular weight is 313 g/mol. The quantitative estimate of drug-likeness (QED) is 0.875. The Morgan fingerprint density at radius 2 is 1.74 bits per heavy atom. The first-order chi connectivity index (χ1) is 11.2. The van der Waals surface area contributed by atoms with Crippen LogP contribution in [0.3, 0.4) is 0 Å². The number of likely N-dealkylation sites (tertiary alicyclic amines) is 1. The van der Waals surface area contributed by atoms with E-state index in [4.69, 9.17) is 0 Å². The molecule has 1 saturated heterocycles. The van der Waals surface area contributed by atoms with Gasteiger partial charge < -0.3 is 4.90 Å². The van der Waals surface area contributed by atoms with Crippen LogP contribution in [0.2, 0.25) is 0 Å². The van der Waals surface area contributed by atoms with Crippen LogP contribution in [0.5, 0.6) is 0 Å². The number of hydrogen-bond acceptors (Lipinski definition) is 3. The minimum Gasteiger partial charge on any atom is -0.337 e. The number of aromatic nitrogens is 2. The molecule has 1 amide bonds. The lowest BCUT2D eigenvalue weighted by molar-refractivity contribution is 0.0755. The Hall–Kier alpha value is -2.17. The minimum atomic E-state index is -0.116. The van der Waals surface area contributed by atoms with Gasteiger partial charge in [-0.1, -0.05) is 38.0 Å². The summed E-state index contributed by atoms with van der Waals surface area (Å²) in [4.78, 5) is 27.4. The van der Waals surface area contributed by atoms with Crippen molar-refractivity contribution in [1.82, 2.24) is 14.7 Å². The maximum absolute atomic E-state index is 13.0. The number of carbonyl (C=O) groups is 1. The molecule has 2 aromatic rings. The van der Waals surface area contributed by atoms with Crippen molar-refractivity contribution in [2.45, 2.75) is 45.6 Å². The summed E-state index contributed by atoms with van der Waals surface area (Å²) in [6.45, 7) is 4.09. The molecule has 5 heteroatoms. The number of fused-ring (bicyclic) bond motifs is 1. The molecular weight excluding hydrogens is 290 g/mol. The summed E-state index contributed by atoms with van der Waals surface area (Å²) in [6, 6.07) is 7.29. The molecule has 23 heavy (non-hydrogen) atoms. The van der Waals surface area contributed by atoms with Crippen LogP contribution in [-0.4, -0.2) is 33.7 Å². The Bertz CT molecular complexity index is 758. The fourth-order valence-electron chi connectivity index (χ4n) is 3.18. The predicted molar refractivity (Wildman–Crippen MR) is 90.7 cm³/mol. The van der Waals surface area contributed by atoms with Crippen molar-refractivity contribution in [3.05, 3.63) is 40.3 Å². The molecule has 0 saturated carbocycles. The lowest BCUT2D eigenvalue weighted by Crippen LogP contribution is -2.35. The summed E-state index contributed by atoms with van der Waals surface area (Å²) >= 11 is 0. The number of benzene rings is 1. The van der Waals surface area contributed by atoms with Crippen LogP contribution in [0.1, 0.15) is 49.5 Å². The highest BCUT2D eigenvalue weighted by Gasteiger charge is 2.22. The Labute approximate surface area is 135 Å². The summed E-state index contributed by atoms with van der Waals surface area (Å²) in [5.41, 5.74) is 0.297. The molecule has 0 N–H and O–H groups in total. The van der Waals surface area contributed by atoms with Crippen LogP contribution >= 0.6 is 0 Å². The third-order valence-corrected chi connectivity index (χ3v) is 4.40. The molecule has 0 unspecified atom stereocenters. The zero-order valence-corrected chi connectivity index (χ0v) is 13.6. The van der Waals surface area contributed by atoms with Crippen LogP contribution in [0.25, 0.3) is 10.8 Å². The number of amides is 1. The van der Waals surface area contributed by atoms with Crippen LogP contribution in [0, 0.1) is 0 Å². The number of aryl methyl sites for hydroxylation is 1. The molecule has 0 bridgehead atoms. The van der Waals surface area contributed by atoms with E-state index < -0.39 is 0 Å². The largest absolute Gasteiger partial charge is 0.337 e. The van der Waals surface area contributed by atoms with Crippen molar-refractivity contribution in [3.8, 4) is 0 Å². The van der Waals surface area contributed by atoms with Crippen LogP contribution < -0.4 is 5.56 Å². The van der Waals surface area contributed by atoms with Gasteiger partial charge in [0, 0.05) is 25.0 Å². The second-order valence-electron chi connectivity index (χ2n) is 6.13. The first-order valence-electron chi connectivity index (χ1n) is 8.51. The van der Waals surface area contributed by atoms with Gasteiger partial charge in [-0.05, 0) is 25.3 Å². The van der Waals surface area contributed by atoms with Crippen molar-refractivity contribution in [3.63, 3.8) is 0 Å². The molecule has 1 aromatic heterocycles. The Kier molecular flexibility index (Phi) is 4.74. The highest BCUT2D eigenvalue weighted by atomic mass is 16.2. The van der Waals surface area contributed by atoms with Crippen LogP contribution in [0.4, 0.5) is 0 Å². The first kappa shape index (κ1) is 15.7. The maximum Gasteiger partial charge on any atom is 0.274 e.